The SMILES string of the molecule is NCC(=O)Nc1cccc(NC(=O)Nc2ccccc2)c1. The second kappa shape index (κ2) is 7.06. The summed E-state index contributed by atoms with van der Waals surface area (Å²) in [6, 6.07) is 15.6. The van der Waals surface area contributed by atoms with Crippen LogP contribution in [-0.4, -0.2) is 18.5 Å². The molecule has 2 aromatic rings. The van der Waals surface area contributed by atoms with E-state index < -0.39 is 0 Å². The highest BCUT2D eigenvalue weighted by Gasteiger charge is 2.04. The van der Waals surface area contributed by atoms with E-state index in [1.165, 1.54) is 0 Å². The summed E-state index contributed by atoms with van der Waals surface area (Å²) in [6.45, 7) is -0.0911. The fraction of sp³-hybridized carbons (Fsp3) is 0.0667. The molecule has 0 fully saturated rings. The minimum atomic E-state index is -0.358. The molecule has 3 amide bonds. The van der Waals surface area contributed by atoms with E-state index in [2.05, 4.69) is 16.0 Å². The Balaban J connectivity index is 1.97. The molecule has 0 aliphatic carbocycles. The second-order valence-corrected chi connectivity index (χ2v) is 4.28. The van der Waals surface area contributed by atoms with Crippen molar-refractivity contribution in [2.24, 2.45) is 5.73 Å². The van der Waals surface area contributed by atoms with Crippen LogP contribution >= 0.6 is 0 Å². The molecule has 0 saturated carbocycles. The molecule has 2 rings (SSSR count). The molecule has 0 heterocycles. The van der Waals surface area contributed by atoms with Crippen LogP contribution < -0.4 is 21.7 Å². The van der Waals surface area contributed by atoms with Crippen molar-refractivity contribution in [3.8, 4) is 0 Å². The topological polar surface area (TPSA) is 96.2 Å². The van der Waals surface area contributed by atoms with Crippen LogP contribution in [0.25, 0.3) is 0 Å². The fourth-order valence-electron chi connectivity index (χ4n) is 1.70. The monoisotopic (exact) mass is 284 g/mol. The lowest BCUT2D eigenvalue weighted by Crippen LogP contribution is -2.22. The Bertz CT molecular complexity index is 629. The number of benzene rings is 2. The number of carbonyl (C=O) groups excluding carboxylic acids is 2. The zero-order valence-electron chi connectivity index (χ0n) is 11.3. The van der Waals surface area contributed by atoms with Crippen molar-refractivity contribution >= 4 is 29.0 Å². The van der Waals surface area contributed by atoms with E-state index >= 15 is 0 Å². The number of urea groups is 1. The molecule has 6 nitrogen and oxygen atoms in total. The van der Waals surface area contributed by atoms with Gasteiger partial charge in [0.15, 0.2) is 0 Å². The van der Waals surface area contributed by atoms with E-state index in [1.54, 1.807) is 36.4 Å². The van der Waals surface area contributed by atoms with Crippen molar-refractivity contribution in [3.63, 3.8) is 0 Å². The Morgan fingerprint density at radius 3 is 2.05 bits per heavy atom. The molecule has 0 atom stereocenters. The molecule has 108 valence electrons. The summed E-state index contributed by atoms with van der Waals surface area (Å²) in [4.78, 5) is 23.1. The van der Waals surface area contributed by atoms with Gasteiger partial charge in [0.2, 0.25) is 5.91 Å². The van der Waals surface area contributed by atoms with Gasteiger partial charge in [-0.25, -0.2) is 4.79 Å². The summed E-state index contributed by atoms with van der Waals surface area (Å²) in [5.41, 5.74) is 7.07. The average molecular weight is 284 g/mol. The number of carbonyl (C=O) groups is 2. The van der Waals surface area contributed by atoms with Gasteiger partial charge in [-0.05, 0) is 30.3 Å². The number of para-hydroxylation sites is 1. The quantitative estimate of drug-likeness (QED) is 0.693. The van der Waals surface area contributed by atoms with Crippen molar-refractivity contribution in [2.75, 3.05) is 22.5 Å². The van der Waals surface area contributed by atoms with E-state index in [-0.39, 0.29) is 18.5 Å². The van der Waals surface area contributed by atoms with Gasteiger partial charge in [0.1, 0.15) is 0 Å². The van der Waals surface area contributed by atoms with Gasteiger partial charge in [0.25, 0.3) is 0 Å². The molecule has 0 spiro atoms. The van der Waals surface area contributed by atoms with E-state index in [0.29, 0.717) is 17.1 Å². The Kier molecular flexibility index (Phi) is 4.89. The lowest BCUT2D eigenvalue weighted by Gasteiger charge is -2.09. The van der Waals surface area contributed by atoms with E-state index in [4.69, 9.17) is 5.73 Å². The number of anilines is 3. The molecular weight excluding hydrogens is 268 g/mol. The molecule has 5 N–H and O–H groups in total. The number of hydrogen-bond donors (Lipinski definition) is 4. The zero-order chi connectivity index (χ0) is 15.1. The van der Waals surface area contributed by atoms with Crippen LogP contribution in [0.15, 0.2) is 54.6 Å². The predicted octanol–water partition coefficient (Wildman–Crippen LogP) is 2.23. The molecule has 0 aliphatic heterocycles. The molecule has 0 aromatic heterocycles. The van der Waals surface area contributed by atoms with E-state index in [0.717, 1.165) is 0 Å². The Morgan fingerprint density at radius 2 is 1.38 bits per heavy atom. The summed E-state index contributed by atoms with van der Waals surface area (Å²) < 4.78 is 0. The lowest BCUT2D eigenvalue weighted by atomic mass is 10.2. The van der Waals surface area contributed by atoms with Gasteiger partial charge in [0.05, 0.1) is 6.54 Å². The molecule has 2 aromatic carbocycles. The van der Waals surface area contributed by atoms with Crippen LogP contribution in [0.3, 0.4) is 0 Å². The summed E-state index contributed by atoms with van der Waals surface area (Å²) in [6.07, 6.45) is 0. The lowest BCUT2D eigenvalue weighted by molar-refractivity contribution is -0.114. The number of amides is 3. The summed E-state index contributed by atoms with van der Waals surface area (Å²) in [5.74, 6) is -0.291. The van der Waals surface area contributed by atoms with Crippen LogP contribution in [0.2, 0.25) is 0 Å². The molecule has 0 bridgehead atoms. The predicted molar refractivity (Wildman–Crippen MR) is 83.2 cm³/mol. The Labute approximate surface area is 122 Å². The van der Waals surface area contributed by atoms with Gasteiger partial charge in [0, 0.05) is 17.1 Å². The smallest absolute Gasteiger partial charge is 0.323 e. The highest BCUT2D eigenvalue weighted by Crippen LogP contribution is 2.15. The van der Waals surface area contributed by atoms with Crippen molar-refractivity contribution < 1.29 is 9.59 Å². The highest BCUT2D eigenvalue weighted by molar-refractivity contribution is 6.00. The fourth-order valence-corrected chi connectivity index (χ4v) is 1.70. The van der Waals surface area contributed by atoms with Crippen molar-refractivity contribution in [3.05, 3.63) is 54.6 Å². The molecule has 0 saturated heterocycles. The minimum absolute atomic E-state index is 0.0911. The Morgan fingerprint density at radius 1 is 0.810 bits per heavy atom. The maximum absolute atomic E-state index is 11.8. The first-order valence-electron chi connectivity index (χ1n) is 6.40. The third kappa shape index (κ3) is 4.63. The maximum atomic E-state index is 11.8. The normalized spacial score (nSPS) is 9.76. The van der Waals surface area contributed by atoms with Crippen molar-refractivity contribution in [2.45, 2.75) is 0 Å². The maximum Gasteiger partial charge on any atom is 0.323 e. The average Bonchev–Trinajstić information content (AvgIpc) is 2.48. The summed E-state index contributed by atoms with van der Waals surface area (Å²) in [5, 5.41) is 8.01. The third-order valence-electron chi connectivity index (χ3n) is 2.62. The van der Waals surface area contributed by atoms with Crippen LogP contribution in [0.5, 0.6) is 0 Å². The summed E-state index contributed by atoms with van der Waals surface area (Å²) >= 11 is 0. The second-order valence-electron chi connectivity index (χ2n) is 4.28. The molecule has 6 heteroatoms. The molecule has 0 unspecified atom stereocenters. The molecule has 0 radical (unpaired) electrons. The first kappa shape index (κ1) is 14.5. The van der Waals surface area contributed by atoms with Crippen LogP contribution in [0.4, 0.5) is 21.9 Å². The first-order chi connectivity index (χ1) is 10.2. The van der Waals surface area contributed by atoms with Crippen LogP contribution in [-0.2, 0) is 4.79 Å². The van der Waals surface area contributed by atoms with Gasteiger partial charge < -0.3 is 21.7 Å². The largest absolute Gasteiger partial charge is 0.325 e. The molecule has 21 heavy (non-hydrogen) atoms. The molecular formula is C15H16N4O2. The highest BCUT2D eigenvalue weighted by atomic mass is 16.2. The first-order valence-corrected chi connectivity index (χ1v) is 6.40. The molecule has 0 aliphatic rings. The van der Waals surface area contributed by atoms with Crippen molar-refractivity contribution in [1.82, 2.24) is 0 Å². The van der Waals surface area contributed by atoms with Crippen molar-refractivity contribution in [1.29, 1.82) is 0 Å². The van der Waals surface area contributed by atoms with Gasteiger partial charge in [-0.15, -0.1) is 0 Å². The third-order valence-corrected chi connectivity index (χ3v) is 2.62. The van der Waals surface area contributed by atoms with Crippen LogP contribution in [0.1, 0.15) is 0 Å². The van der Waals surface area contributed by atoms with Gasteiger partial charge in [-0.2, -0.15) is 0 Å². The summed E-state index contributed by atoms with van der Waals surface area (Å²) in [7, 11) is 0. The van der Waals surface area contributed by atoms with E-state index in [9.17, 15) is 9.59 Å². The van der Waals surface area contributed by atoms with Gasteiger partial charge in [-0.3, -0.25) is 4.79 Å². The zero-order valence-corrected chi connectivity index (χ0v) is 11.3. The number of rotatable bonds is 4. The van der Waals surface area contributed by atoms with E-state index in [1.807, 2.05) is 18.2 Å². The number of nitrogens with two attached hydrogens (primary N) is 1. The van der Waals surface area contributed by atoms with Gasteiger partial charge >= 0.3 is 6.03 Å². The Hall–Kier alpha value is -2.86. The standard InChI is InChI=1S/C15H16N4O2/c16-10-14(20)17-12-7-4-8-13(9-12)19-15(21)18-11-5-2-1-3-6-11/h1-9H,10,16H2,(H,17,20)(H2,18,19,21). The van der Waals surface area contributed by atoms with Crippen LogP contribution in [0, 0.1) is 0 Å². The minimum Gasteiger partial charge on any atom is -0.325 e. The van der Waals surface area contributed by atoms with Gasteiger partial charge in [-0.1, -0.05) is 24.3 Å². The number of nitrogens with one attached hydrogen (secondary N) is 3. The number of hydrogen-bond acceptors (Lipinski definition) is 3.